The van der Waals surface area contributed by atoms with Crippen LogP contribution in [-0.2, 0) is 0 Å². The number of methoxy groups -OCH3 is 2. The Labute approximate surface area is 119 Å². The Hall–Kier alpha value is -2.64. The topological polar surface area (TPSA) is 101 Å². The zero-order valence-electron chi connectivity index (χ0n) is 11.5. The molecule has 1 saturated carbocycles. The average Bonchev–Trinajstić information content (AvgIpc) is 3.17. The molecule has 0 bridgehead atoms. The summed E-state index contributed by atoms with van der Waals surface area (Å²) < 4.78 is 15.5. The van der Waals surface area contributed by atoms with Crippen molar-refractivity contribution in [2.75, 3.05) is 14.2 Å². The number of nitro groups is 1. The lowest BCUT2D eigenvalue weighted by molar-refractivity contribution is -0.496. The second kappa shape index (κ2) is 5.04. The lowest BCUT2D eigenvalue weighted by Gasteiger charge is -2.07. The van der Waals surface area contributed by atoms with Crippen molar-refractivity contribution in [1.82, 2.24) is 10.1 Å². The Morgan fingerprint density at radius 3 is 2.81 bits per heavy atom. The van der Waals surface area contributed by atoms with Crippen molar-refractivity contribution >= 4 is 0 Å². The van der Waals surface area contributed by atoms with E-state index < -0.39 is 6.04 Å². The minimum atomic E-state index is -0.615. The van der Waals surface area contributed by atoms with Gasteiger partial charge in [0, 0.05) is 17.4 Å². The lowest BCUT2D eigenvalue weighted by Crippen LogP contribution is -2.02. The molecule has 21 heavy (non-hydrogen) atoms. The van der Waals surface area contributed by atoms with Crippen LogP contribution in [0.1, 0.15) is 18.2 Å². The molecule has 2 aromatic rings. The van der Waals surface area contributed by atoms with Crippen LogP contribution in [0.4, 0.5) is 0 Å². The number of ether oxygens (including phenoxy) is 2. The molecule has 8 nitrogen and oxygen atoms in total. The highest BCUT2D eigenvalue weighted by Crippen LogP contribution is 2.43. The van der Waals surface area contributed by atoms with Crippen LogP contribution in [0.3, 0.4) is 0 Å². The van der Waals surface area contributed by atoms with Crippen molar-refractivity contribution in [3.05, 3.63) is 34.2 Å². The fourth-order valence-corrected chi connectivity index (χ4v) is 2.16. The van der Waals surface area contributed by atoms with E-state index >= 15 is 0 Å². The summed E-state index contributed by atoms with van der Waals surface area (Å²) in [6, 6.07) is 4.60. The van der Waals surface area contributed by atoms with Crippen LogP contribution in [0.15, 0.2) is 22.7 Å². The molecule has 0 saturated heterocycles. The van der Waals surface area contributed by atoms with Crippen LogP contribution >= 0.6 is 0 Å². The molecule has 1 aliphatic carbocycles. The van der Waals surface area contributed by atoms with Crippen molar-refractivity contribution in [3.8, 4) is 22.9 Å². The van der Waals surface area contributed by atoms with Crippen molar-refractivity contribution in [2.45, 2.75) is 18.4 Å². The van der Waals surface area contributed by atoms with E-state index in [-0.39, 0.29) is 10.8 Å². The predicted molar refractivity (Wildman–Crippen MR) is 71.0 cm³/mol. The van der Waals surface area contributed by atoms with Gasteiger partial charge < -0.3 is 14.0 Å². The molecule has 0 aliphatic heterocycles. The first-order valence-electron chi connectivity index (χ1n) is 6.33. The van der Waals surface area contributed by atoms with Crippen molar-refractivity contribution < 1.29 is 18.9 Å². The van der Waals surface area contributed by atoms with Gasteiger partial charge >= 0.3 is 0 Å². The first-order valence-corrected chi connectivity index (χ1v) is 6.33. The van der Waals surface area contributed by atoms with Crippen molar-refractivity contribution in [1.29, 1.82) is 0 Å². The molecule has 0 radical (unpaired) electrons. The molecule has 1 aromatic heterocycles. The van der Waals surface area contributed by atoms with Crippen LogP contribution in [-0.4, -0.2) is 35.3 Å². The standard InChI is InChI=1S/C13H13N3O5/c1-19-7-3-4-8(11(5-7)20-2)12-14-13(21-15-12)9-6-10(9)16(17)18/h3-5,9-10H,6H2,1-2H3. The van der Waals surface area contributed by atoms with E-state index in [2.05, 4.69) is 10.1 Å². The Kier molecular flexibility index (Phi) is 3.20. The molecule has 0 amide bonds. The van der Waals surface area contributed by atoms with E-state index in [1.807, 2.05) is 0 Å². The summed E-state index contributed by atoms with van der Waals surface area (Å²) in [5.41, 5.74) is 0.645. The van der Waals surface area contributed by atoms with Gasteiger partial charge in [-0.25, -0.2) is 0 Å². The molecule has 1 heterocycles. The van der Waals surface area contributed by atoms with Gasteiger partial charge in [0.05, 0.1) is 19.8 Å². The molecule has 8 heteroatoms. The maximum absolute atomic E-state index is 10.7. The summed E-state index contributed by atoms with van der Waals surface area (Å²) in [6.07, 6.45) is 0.439. The number of hydrogen-bond donors (Lipinski definition) is 0. The van der Waals surface area contributed by atoms with E-state index in [4.69, 9.17) is 14.0 Å². The molecular weight excluding hydrogens is 278 g/mol. The van der Waals surface area contributed by atoms with E-state index in [1.54, 1.807) is 25.3 Å². The summed E-state index contributed by atoms with van der Waals surface area (Å²) in [6.45, 7) is 0. The van der Waals surface area contributed by atoms with E-state index in [1.165, 1.54) is 7.11 Å². The van der Waals surface area contributed by atoms with Gasteiger partial charge in [-0.05, 0) is 12.1 Å². The summed E-state index contributed by atoms with van der Waals surface area (Å²) in [5.74, 6) is 1.55. The molecular formula is C13H13N3O5. The number of aromatic nitrogens is 2. The van der Waals surface area contributed by atoms with Crippen LogP contribution in [0.25, 0.3) is 11.4 Å². The zero-order valence-corrected chi connectivity index (χ0v) is 11.5. The molecule has 1 aromatic carbocycles. The van der Waals surface area contributed by atoms with Crippen molar-refractivity contribution in [2.24, 2.45) is 0 Å². The Morgan fingerprint density at radius 1 is 1.38 bits per heavy atom. The molecule has 1 fully saturated rings. The monoisotopic (exact) mass is 291 g/mol. The van der Waals surface area contributed by atoms with Crippen LogP contribution < -0.4 is 9.47 Å². The minimum Gasteiger partial charge on any atom is -0.497 e. The van der Waals surface area contributed by atoms with Gasteiger partial charge in [-0.2, -0.15) is 4.98 Å². The molecule has 0 spiro atoms. The Balaban J connectivity index is 1.88. The van der Waals surface area contributed by atoms with Gasteiger partial charge in [0.15, 0.2) is 0 Å². The quantitative estimate of drug-likeness (QED) is 0.612. The molecule has 2 unspecified atom stereocenters. The molecule has 3 rings (SSSR count). The lowest BCUT2D eigenvalue weighted by atomic mass is 10.2. The normalized spacial score (nSPS) is 20.1. The predicted octanol–water partition coefficient (Wildman–Crippen LogP) is 1.89. The van der Waals surface area contributed by atoms with Crippen LogP contribution in [0.5, 0.6) is 11.5 Å². The highest BCUT2D eigenvalue weighted by atomic mass is 16.6. The summed E-state index contributed by atoms with van der Waals surface area (Å²) in [7, 11) is 3.09. The summed E-state index contributed by atoms with van der Waals surface area (Å²) in [4.78, 5) is 14.6. The first kappa shape index (κ1) is 13.3. The fraction of sp³-hybridized carbons (Fsp3) is 0.385. The van der Waals surface area contributed by atoms with Gasteiger partial charge in [0.1, 0.15) is 17.4 Å². The van der Waals surface area contributed by atoms with E-state index in [0.29, 0.717) is 35.2 Å². The van der Waals surface area contributed by atoms with E-state index in [9.17, 15) is 10.1 Å². The number of benzene rings is 1. The highest BCUT2D eigenvalue weighted by molar-refractivity contribution is 5.65. The van der Waals surface area contributed by atoms with Gasteiger partial charge in [-0.15, -0.1) is 0 Å². The molecule has 2 atom stereocenters. The number of hydrogen-bond acceptors (Lipinski definition) is 7. The zero-order chi connectivity index (χ0) is 15.0. The third-order valence-corrected chi connectivity index (χ3v) is 3.44. The third kappa shape index (κ3) is 2.39. The van der Waals surface area contributed by atoms with Gasteiger partial charge in [-0.1, -0.05) is 5.16 Å². The maximum Gasteiger partial charge on any atom is 0.237 e. The van der Waals surface area contributed by atoms with Crippen LogP contribution in [0.2, 0.25) is 0 Å². The minimum absolute atomic E-state index is 0.287. The smallest absolute Gasteiger partial charge is 0.237 e. The number of rotatable bonds is 5. The van der Waals surface area contributed by atoms with Gasteiger partial charge in [0.2, 0.25) is 17.8 Å². The molecule has 1 aliphatic rings. The Morgan fingerprint density at radius 2 is 2.19 bits per heavy atom. The Bertz CT molecular complexity index is 684. The summed E-state index contributed by atoms with van der Waals surface area (Å²) in [5, 5.41) is 14.6. The molecule has 110 valence electrons. The largest absolute Gasteiger partial charge is 0.497 e. The third-order valence-electron chi connectivity index (χ3n) is 3.44. The average molecular weight is 291 g/mol. The second-order valence-electron chi connectivity index (χ2n) is 4.72. The highest BCUT2D eigenvalue weighted by Gasteiger charge is 2.53. The second-order valence-corrected chi connectivity index (χ2v) is 4.72. The summed E-state index contributed by atoms with van der Waals surface area (Å²) >= 11 is 0. The first-order chi connectivity index (χ1) is 10.1. The number of nitrogens with zero attached hydrogens (tertiary/aromatic N) is 3. The fourth-order valence-electron chi connectivity index (χ4n) is 2.16. The van der Waals surface area contributed by atoms with Gasteiger partial charge in [-0.3, -0.25) is 10.1 Å². The van der Waals surface area contributed by atoms with Gasteiger partial charge in [0.25, 0.3) is 0 Å². The SMILES string of the molecule is COc1ccc(-c2noc(C3CC3[N+](=O)[O-])n2)c(OC)c1. The van der Waals surface area contributed by atoms with E-state index in [0.717, 1.165) is 0 Å². The maximum atomic E-state index is 10.7. The van der Waals surface area contributed by atoms with Crippen LogP contribution in [0, 0.1) is 10.1 Å². The molecule has 0 N–H and O–H groups in total. The van der Waals surface area contributed by atoms with Crippen molar-refractivity contribution in [3.63, 3.8) is 0 Å².